The van der Waals surface area contributed by atoms with E-state index >= 15 is 0 Å². The van der Waals surface area contributed by atoms with Crippen LogP contribution in [0.1, 0.15) is 19.0 Å². The summed E-state index contributed by atoms with van der Waals surface area (Å²) in [6, 6.07) is 0. The molecule has 13 heavy (non-hydrogen) atoms. The maximum absolute atomic E-state index is 5.90. The Bertz CT molecular complexity index is 269. The fourth-order valence-electron chi connectivity index (χ4n) is 1.17. The molecule has 4 heteroatoms. The largest absolute Gasteiger partial charge is 0.268 e. The minimum atomic E-state index is 0.581. The molecule has 0 bridgehead atoms. The molecule has 1 unspecified atom stereocenters. The van der Waals surface area contributed by atoms with Crippen LogP contribution in [0.5, 0.6) is 0 Å². The molecule has 0 radical (unpaired) electrons. The third kappa shape index (κ3) is 2.64. The average molecular weight is 219 g/mol. The second-order valence-electron chi connectivity index (χ2n) is 3.22. The van der Waals surface area contributed by atoms with Crippen LogP contribution < -0.4 is 0 Å². The number of aromatic nitrogens is 2. The Hall–Kier alpha value is -0.150. The third-order valence-electron chi connectivity index (χ3n) is 2.31. The molecular weight excluding hydrogens is 204 g/mol. The van der Waals surface area contributed by atoms with Crippen LogP contribution in [0.3, 0.4) is 0 Å². The van der Waals surface area contributed by atoms with E-state index in [0.29, 0.717) is 5.92 Å². The van der Waals surface area contributed by atoms with E-state index in [9.17, 15) is 0 Å². The molecule has 74 valence electrons. The number of hydrogen-bond donors (Lipinski definition) is 1. The van der Waals surface area contributed by atoms with Crippen LogP contribution in [0, 0.1) is 12.8 Å². The molecule has 2 nitrogen and oxygen atoms in total. The summed E-state index contributed by atoms with van der Waals surface area (Å²) in [5, 5.41) is 4.95. The number of hydrogen-bond acceptors (Lipinski definition) is 2. The Morgan fingerprint density at radius 2 is 2.38 bits per heavy atom. The molecule has 1 aromatic heterocycles. The molecule has 0 aliphatic heterocycles. The summed E-state index contributed by atoms with van der Waals surface area (Å²) >= 11 is 10.2. The Morgan fingerprint density at radius 3 is 2.77 bits per heavy atom. The zero-order chi connectivity index (χ0) is 9.84. The van der Waals surface area contributed by atoms with Gasteiger partial charge in [0.05, 0.1) is 16.9 Å². The molecule has 0 aromatic carbocycles. The van der Waals surface area contributed by atoms with Gasteiger partial charge in [0.15, 0.2) is 0 Å². The van der Waals surface area contributed by atoms with Gasteiger partial charge in [-0.1, -0.05) is 24.9 Å². The Labute approximate surface area is 89.7 Å². The van der Waals surface area contributed by atoms with Gasteiger partial charge in [-0.2, -0.15) is 17.7 Å². The van der Waals surface area contributed by atoms with Crippen molar-refractivity contribution in [3.8, 4) is 0 Å². The zero-order valence-electron chi connectivity index (χ0n) is 8.00. The highest BCUT2D eigenvalue weighted by Crippen LogP contribution is 2.16. The molecule has 0 spiro atoms. The SMILES string of the molecule is CCC(CS)Cn1ncc(Cl)c1C. The van der Waals surface area contributed by atoms with Crippen molar-refractivity contribution in [3.05, 3.63) is 16.9 Å². The summed E-state index contributed by atoms with van der Waals surface area (Å²) in [6.07, 6.45) is 2.82. The Kier molecular flexibility index (Phi) is 4.13. The van der Waals surface area contributed by atoms with Gasteiger partial charge in [0.1, 0.15) is 0 Å². The smallest absolute Gasteiger partial charge is 0.0814 e. The minimum Gasteiger partial charge on any atom is -0.268 e. The van der Waals surface area contributed by atoms with Crippen molar-refractivity contribution < 1.29 is 0 Å². The third-order valence-corrected chi connectivity index (χ3v) is 3.20. The van der Waals surface area contributed by atoms with Crippen LogP contribution >= 0.6 is 24.2 Å². The molecule has 0 amide bonds. The second-order valence-corrected chi connectivity index (χ2v) is 3.99. The lowest BCUT2D eigenvalue weighted by Crippen LogP contribution is -2.13. The van der Waals surface area contributed by atoms with Crippen molar-refractivity contribution in [1.82, 2.24) is 9.78 Å². The van der Waals surface area contributed by atoms with Crippen molar-refractivity contribution in [3.63, 3.8) is 0 Å². The standard InChI is InChI=1S/C9H15ClN2S/c1-3-8(6-13)5-12-7(2)9(10)4-11-12/h4,8,13H,3,5-6H2,1-2H3. The summed E-state index contributed by atoms with van der Waals surface area (Å²) in [4.78, 5) is 0. The Balaban J connectivity index is 2.67. The van der Waals surface area contributed by atoms with Crippen LogP contribution in [-0.4, -0.2) is 15.5 Å². The van der Waals surface area contributed by atoms with Gasteiger partial charge in [0.25, 0.3) is 0 Å². The van der Waals surface area contributed by atoms with Crippen LogP contribution in [-0.2, 0) is 6.54 Å². The first kappa shape index (κ1) is 10.9. The predicted molar refractivity (Wildman–Crippen MR) is 59.6 cm³/mol. The molecule has 1 aromatic rings. The van der Waals surface area contributed by atoms with E-state index in [1.807, 2.05) is 11.6 Å². The Morgan fingerprint density at radius 1 is 1.69 bits per heavy atom. The molecule has 1 rings (SSSR count). The van der Waals surface area contributed by atoms with E-state index in [4.69, 9.17) is 11.6 Å². The molecule has 0 saturated carbocycles. The molecule has 0 aliphatic carbocycles. The van der Waals surface area contributed by atoms with Crippen molar-refractivity contribution in [1.29, 1.82) is 0 Å². The average Bonchev–Trinajstić information content (AvgIpc) is 2.45. The minimum absolute atomic E-state index is 0.581. The van der Waals surface area contributed by atoms with Crippen LogP contribution in [0.15, 0.2) is 6.20 Å². The molecule has 0 N–H and O–H groups in total. The fourth-order valence-corrected chi connectivity index (χ4v) is 1.68. The van der Waals surface area contributed by atoms with E-state index in [2.05, 4.69) is 24.7 Å². The lowest BCUT2D eigenvalue weighted by Gasteiger charge is -2.12. The predicted octanol–water partition coefficient (Wildman–Crippen LogP) is 2.80. The maximum Gasteiger partial charge on any atom is 0.0814 e. The van der Waals surface area contributed by atoms with Crippen LogP contribution in [0.4, 0.5) is 0 Å². The molecule has 0 aliphatic rings. The zero-order valence-corrected chi connectivity index (χ0v) is 9.65. The lowest BCUT2D eigenvalue weighted by molar-refractivity contribution is 0.439. The van der Waals surface area contributed by atoms with Crippen molar-refractivity contribution >= 4 is 24.2 Å². The first-order valence-electron chi connectivity index (χ1n) is 4.47. The highest BCUT2D eigenvalue weighted by atomic mass is 35.5. The van der Waals surface area contributed by atoms with E-state index in [0.717, 1.165) is 29.4 Å². The van der Waals surface area contributed by atoms with Gasteiger partial charge in [-0.15, -0.1) is 0 Å². The second kappa shape index (κ2) is 4.91. The summed E-state index contributed by atoms with van der Waals surface area (Å²) in [5.41, 5.74) is 1.04. The van der Waals surface area contributed by atoms with Crippen LogP contribution in [0.2, 0.25) is 5.02 Å². The summed E-state index contributed by atoms with van der Waals surface area (Å²) < 4.78 is 1.95. The molecule has 1 heterocycles. The quantitative estimate of drug-likeness (QED) is 0.770. The highest BCUT2D eigenvalue weighted by molar-refractivity contribution is 7.80. The van der Waals surface area contributed by atoms with E-state index < -0.39 is 0 Å². The normalized spacial score (nSPS) is 13.2. The van der Waals surface area contributed by atoms with Gasteiger partial charge in [-0.05, 0) is 18.6 Å². The molecule has 1 atom stereocenters. The van der Waals surface area contributed by atoms with Gasteiger partial charge in [0, 0.05) is 6.54 Å². The molecule has 0 fully saturated rings. The first-order chi connectivity index (χ1) is 6.19. The maximum atomic E-state index is 5.90. The van der Waals surface area contributed by atoms with E-state index in [-0.39, 0.29) is 0 Å². The summed E-state index contributed by atoms with van der Waals surface area (Å²) in [7, 11) is 0. The van der Waals surface area contributed by atoms with Gasteiger partial charge in [-0.25, -0.2) is 0 Å². The topological polar surface area (TPSA) is 17.8 Å². The molecule has 0 saturated heterocycles. The number of nitrogens with zero attached hydrogens (tertiary/aromatic N) is 2. The molecular formula is C9H15ClN2S. The van der Waals surface area contributed by atoms with Crippen molar-refractivity contribution in [2.45, 2.75) is 26.8 Å². The van der Waals surface area contributed by atoms with Gasteiger partial charge in [-0.3, -0.25) is 4.68 Å². The van der Waals surface area contributed by atoms with Gasteiger partial charge >= 0.3 is 0 Å². The fraction of sp³-hybridized carbons (Fsp3) is 0.667. The van der Waals surface area contributed by atoms with Gasteiger partial charge in [0.2, 0.25) is 0 Å². The first-order valence-corrected chi connectivity index (χ1v) is 5.48. The summed E-state index contributed by atoms with van der Waals surface area (Å²) in [5.74, 6) is 1.48. The van der Waals surface area contributed by atoms with Crippen LogP contribution in [0.25, 0.3) is 0 Å². The lowest BCUT2D eigenvalue weighted by atomic mass is 10.1. The van der Waals surface area contributed by atoms with Crippen molar-refractivity contribution in [2.24, 2.45) is 5.92 Å². The monoisotopic (exact) mass is 218 g/mol. The van der Waals surface area contributed by atoms with Gasteiger partial charge < -0.3 is 0 Å². The number of halogens is 1. The number of rotatable bonds is 4. The highest BCUT2D eigenvalue weighted by Gasteiger charge is 2.09. The summed E-state index contributed by atoms with van der Waals surface area (Å²) in [6.45, 7) is 5.07. The van der Waals surface area contributed by atoms with Crippen molar-refractivity contribution in [2.75, 3.05) is 5.75 Å². The van der Waals surface area contributed by atoms with E-state index in [1.165, 1.54) is 0 Å². The number of thiol groups is 1. The van der Waals surface area contributed by atoms with E-state index in [1.54, 1.807) is 6.20 Å².